The summed E-state index contributed by atoms with van der Waals surface area (Å²) in [5.41, 5.74) is 0.928. The highest BCUT2D eigenvalue weighted by molar-refractivity contribution is 7.94. The summed E-state index contributed by atoms with van der Waals surface area (Å²) < 4.78 is 32.3. The average molecular weight is 431 g/mol. The third-order valence-corrected chi connectivity index (χ3v) is 7.38. The van der Waals surface area contributed by atoms with Crippen LogP contribution in [0.5, 0.6) is 5.75 Å². The fourth-order valence-corrected chi connectivity index (χ4v) is 4.95. The van der Waals surface area contributed by atoms with Crippen molar-refractivity contribution in [2.24, 2.45) is 0 Å². The molecule has 152 valence electrons. The summed E-state index contributed by atoms with van der Waals surface area (Å²) in [6, 6.07) is 18.9. The van der Waals surface area contributed by atoms with Gasteiger partial charge in [-0.1, -0.05) is 24.3 Å². The van der Waals surface area contributed by atoms with Gasteiger partial charge in [-0.05, 0) is 54.8 Å². The molecule has 3 aromatic rings. The van der Waals surface area contributed by atoms with Crippen LogP contribution in [0.4, 0.5) is 5.69 Å². The van der Waals surface area contributed by atoms with Crippen LogP contribution in [0, 0.1) is 0 Å². The van der Waals surface area contributed by atoms with E-state index >= 15 is 0 Å². The topological polar surface area (TPSA) is 75.7 Å². The molecule has 0 unspecified atom stereocenters. The Hall–Kier alpha value is -2.84. The van der Waals surface area contributed by atoms with Crippen molar-refractivity contribution in [3.8, 4) is 5.75 Å². The lowest BCUT2D eigenvalue weighted by molar-refractivity contribution is 0.0926. The van der Waals surface area contributed by atoms with Crippen molar-refractivity contribution < 1.29 is 17.9 Å². The number of nitrogens with one attached hydrogen (secondary N) is 1. The molecule has 1 aromatic heterocycles. The Morgan fingerprint density at radius 3 is 2.38 bits per heavy atom. The van der Waals surface area contributed by atoms with Crippen LogP contribution < -0.4 is 14.4 Å². The van der Waals surface area contributed by atoms with Gasteiger partial charge in [0.2, 0.25) is 0 Å². The Labute approximate surface area is 174 Å². The van der Waals surface area contributed by atoms with E-state index in [2.05, 4.69) is 5.32 Å². The molecule has 0 saturated carbocycles. The van der Waals surface area contributed by atoms with Crippen LogP contribution in [0.2, 0.25) is 0 Å². The van der Waals surface area contributed by atoms with Gasteiger partial charge in [0, 0.05) is 12.6 Å². The molecule has 2 aromatic carbocycles. The molecule has 1 amide bonds. The standard InChI is InChI=1S/C21H22N2O4S2/c1-16(15-27-19-7-4-3-5-8-19)22-21(24)17-10-12-18(13-11-17)23(2)29(25,26)20-9-6-14-28-20/h3-14,16H,15H2,1-2H3,(H,22,24)/t16-/m1/s1. The third kappa shape index (κ3) is 5.16. The highest BCUT2D eigenvalue weighted by Crippen LogP contribution is 2.25. The maximum absolute atomic E-state index is 12.6. The molecule has 1 N–H and O–H groups in total. The van der Waals surface area contributed by atoms with Gasteiger partial charge in [-0.2, -0.15) is 0 Å². The Morgan fingerprint density at radius 2 is 1.76 bits per heavy atom. The minimum atomic E-state index is -3.60. The van der Waals surface area contributed by atoms with Crippen LogP contribution in [-0.4, -0.2) is 34.0 Å². The van der Waals surface area contributed by atoms with Crippen molar-refractivity contribution in [2.75, 3.05) is 18.0 Å². The Kier molecular flexibility index (Phi) is 6.56. The van der Waals surface area contributed by atoms with Crippen molar-refractivity contribution in [2.45, 2.75) is 17.2 Å². The van der Waals surface area contributed by atoms with Gasteiger partial charge in [-0.3, -0.25) is 9.10 Å². The number of ether oxygens (including phenoxy) is 1. The van der Waals surface area contributed by atoms with E-state index in [1.54, 1.807) is 41.8 Å². The molecule has 0 aliphatic heterocycles. The Bertz CT molecular complexity index is 1030. The summed E-state index contributed by atoms with van der Waals surface area (Å²) in [6.45, 7) is 2.20. The molecule has 29 heavy (non-hydrogen) atoms. The first-order chi connectivity index (χ1) is 13.9. The molecule has 8 heteroatoms. The predicted octanol–water partition coefficient (Wildman–Crippen LogP) is 3.77. The second kappa shape index (κ2) is 9.11. The summed E-state index contributed by atoms with van der Waals surface area (Å²) in [5.74, 6) is 0.498. The van der Waals surface area contributed by atoms with E-state index in [0.717, 1.165) is 5.75 Å². The monoisotopic (exact) mass is 430 g/mol. The van der Waals surface area contributed by atoms with Crippen molar-refractivity contribution in [3.63, 3.8) is 0 Å². The molecule has 3 rings (SSSR count). The molecule has 0 bridgehead atoms. The number of hydrogen-bond acceptors (Lipinski definition) is 5. The zero-order chi connectivity index (χ0) is 20.9. The fraction of sp³-hybridized carbons (Fsp3) is 0.190. The summed E-state index contributed by atoms with van der Waals surface area (Å²) in [6.07, 6.45) is 0. The number of carbonyl (C=O) groups is 1. The largest absolute Gasteiger partial charge is 0.491 e. The molecule has 6 nitrogen and oxygen atoms in total. The number of para-hydroxylation sites is 1. The van der Waals surface area contributed by atoms with Gasteiger partial charge in [-0.15, -0.1) is 11.3 Å². The molecule has 1 heterocycles. The number of carbonyl (C=O) groups excluding carboxylic acids is 1. The van der Waals surface area contributed by atoms with Crippen LogP contribution in [0.25, 0.3) is 0 Å². The van der Waals surface area contributed by atoms with Crippen molar-refractivity contribution >= 4 is 33.0 Å². The molecule has 0 saturated heterocycles. The van der Waals surface area contributed by atoms with Gasteiger partial charge in [0.1, 0.15) is 16.6 Å². The van der Waals surface area contributed by atoms with Crippen LogP contribution in [0.1, 0.15) is 17.3 Å². The molecular weight excluding hydrogens is 408 g/mol. The Balaban J connectivity index is 1.60. The van der Waals surface area contributed by atoms with Crippen LogP contribution in [0.3, 0.4) is 0 Å². The van der Waals surface area contributed by atoms with E-state index in [9.17, 15) is 13.2 Å². The highest BCUT2D eigenvalue weighted by Gasteiger charge is 2.22. The predicted molar refractivity (Wildman–Crippen MR) is 115 cm³/mol. The molecule has 0 radical (unpaired) electrons. The maximum atomic E-state index is 12.6. The first kappa shape index (κ1) is 20.9. The van der Waals surface area contributed by atoms with Gasteiger partial charge in [-0.25, -0.2) is 8.42 Å². The molecule has 0 aliphatic carbocycles. The molecule has 0 aliphatic rings. The number of amides is 1. The second-order valence-corrected chi connectivity index (χ2v) is 9.59. The minimum Gasteiger partial charge on any atom is -0.491 e. The molecule has 0 fully saturated rings. The van der Waals surface area contributed by atoms with E-state index in [-0.39, 0.29) is 16.2 Å². The van der Waals surface area contributed by atoms with Gasteiger partial charge < -0.3 is 10.1 Å². The number of benzene rings is 2. The van der Waals surface area contributed by atoms with E-state index < -0.39 is 10.0 Å². The normalized spacial score (nSPS) is 12.2. The van der Waals surface area contributed by atoms with Gasteiger partial charge in [0.05, 0.1) is 11.7 Å². The van der Waals surface area contributed by atoms with Gasteiger partial charge >= 0.3 is 0 Å². The summed E-state index contributed by atoms with van der Waals surface area (Å²) in [4.78, 5) is 12.4. The fourth-order valence-electron chi connectivity index (χ4n) is 2.59. The lowest BCUT2D eigenvalue weighted by atomic mass is 10.2. The van der Waals surface area contributed by atoms with E-state index in [1.165, 1.54) is 22.7 Å². The van der Waals surface area contributed by atoms with E-state index in [0.29, 0.717) is 17.9 Å². The van der Waals surface area contributed by atoms with Gasteiger partial charge in [0.25, 0.3) is 15.9 Å². The second-order valence-electron chi connectivity index (χ2n) is 6.45. The lowest BCUT2D eigenvalue weighted by Crippen LogP contribution is -2.36. The van der Waals surface area contributed by atoms with Crippen LogP contribution in [-0.2, 0) is 10.0 Å². The number of sulfonamides is 1. The van der Waals surface area contributed by atoms with Crippen LogP contribution in [0.15, 0.2) is 76.3 Å². The number of thiophene rings is 1. The summed E-state index contributed by atoms with van der Waals surface area (Å²) in [7, 11) is -2.11. The molecular formula is C21H22N2O4S2. The lowest BCUT2D eigenvalue weighted by Gasteiger charge is -2.19. The quantitative estimate of drug-likeness (QED) is 0.590. The maximum Gasteiger partial charge on any atom is 0.273 e. The molecule has 0 spiro atoms. The zero-order valence-corrected chi connectivity index (χ0v) is 17.7. The number of rotatable bonds is 8. The van der Waals surface area contributed by atoms with Gasteiger partial charge in [0.15, 0.2) is 0 Å². The van der Waals surface area contributed by atoms with Crippen molar-refractivity contribution in [3.05, 3.63) is 77.7 Å². The number of nitrogens with zero attached hydrogens (tertiary/aromatic N) is 1. The smallest absolute Gasteiger partial charge is 0.273 e. The zero-order valence-electron chi connectivity index (χ0n) is 16.1. The molecule has 1 atom stereocenters. The SMILES string of the molecule is C[C@H](COc1ccccc1)NC(=O)c1ccc(N(C)S(=O)(=O)c2cccs2)cc1. The summed E-state index contributed by atoms with van der Waals surface area (Å²) >= 11 is 1.17. The van der Waals surface area contributed by atoms with Crippen molar-refractivity contribution in [1.82, 2.24) is 5.32 Å². The minimum absolute atomic E-state index is 0.190. The average Bonchev–Trinajstić information content (AvgIpc) is 3.28. The number of hydrogen-bond donors (Lipinski definition) is 1. The first-order valence-electron chi connectivity index (χ1n) is 8.99. The Morgan fingerprint density at radius 1 is 1.07 bits per heavy atom. The first-order valence-corrected chi connectivity index (χ1v) is 11.3. The highest BCUT2D eigenvalue weighted by atomic mass is 32.2. The number of anilines is 1. The van der Waals surface area contributed by atoms with E-state index in [1.807, 2.05) is 37.3 Å². The van der Waals surface area contributed by atoms with E-state index in [4.69, 9.17) is 4.74 Å². The van der Waals surface area contributed by atoms with Crippen LogP contribution >= 0.6 is 11.3 Å². The van der Waals surface area contributed by atoms with Crippen molar-refractivity contribution in [1.29, 1.82) is 0 Å². The third-order valence-electron chi connectivity index (χ3n) is 4.22. The summed E-state index contributed by atoms with van der Waals surface area (Å²) in [5, 5.41) is 4.59.